The molecule has 0 saturated carbocycles. The number of aromatic amines is 1. The molecular formula is C26H27ClFN7O3S. The van der Waals surface area contributed by atoms with Gasteiger partial charge in [-0.3, -0.25) is 9.52 Å². The minimum absolute atomic E-state index is 0.0675. The maximum atomic E-state index is 14.9. The molecule has 4 aromatic rings. The number of hydrogen-bond acceptors (Lipinski definition) is 8. The number of pyridine rings is 1. The number of piperazine rings is 1. The minimum atomic E-state index is -3.78. The average molecular weight is 572 g/mol. The Morgan fingerprint density at radius 2 is 1.85 bits per heavy atom. The van der Waals surface area contributed by atoms with Crippen molar-refractivity contribution in [3.05, 3.63) is 65.0 Å². The number of aromatic nitrogens is 4. The SMILES string of the molecule is CCC(C)S(=O)(=O)Nc1ccc(F)c(C(=O)c2c[nH]c3ncc(-c4cnc(N5CCNCC5)nc4)cc23)c1Cl. The van der Waals surface area contributed by atoms with E-state index in [1.165, 1.54) is 12.3 Å². The molecule has 10 nitrogen and oxygen atoms in total. The number of fused-ring (bicyclic) bond motifs is 1. The van der Waals surface area contributed by atoms with Crippen molar-refractivity contribution in [3.8, 4) is 11.1 Å². The van der Waals surface area contributed by atoms with Gasteiger partial charge in [-0.2, -0.15) is 0 Å². The van der Waals surface area contributed by atoms with Gasteiger partial charge in [-0.1, -0.05) is 18.5 Å². The number of ketones is 1. The quantitative estimate of drug-likeness (QED) is 0.270. The zero-order valence-corrected chi connectivity index (χ0v) is 22.9. The maximum Gasteiger partial charge on any atom is 0.235 e. The Balaban J connectivity index is 1.48. The molecule has 0 aliphatic carbocycles. The fourth-order valence-electron chi connectivity index (χ4n) is 4.29. The third-order valence-electron chi connectivity index (χ3n) is 6.82. The van der Waals surface area contributed by atoms with E-state index in [1.807, 2.05) is 0 Å². The molecule has 1 unspecified atom stereocenters. The highest BCUT2D eigenvalue weighted by Gasteiger charge is 2.26. The highest BCUT2D eigenvalue weighted by atomic mass is 35.5. The molecule has 13 heteroatoms. The standard InChI is InChI=1S/C26H27ClFN7O3S/c1-3-15(2)39(37,38)34-21-5-4-20(28)22(23(21)27)24(36)19-14-31-25-18(19)10-16(11-30-25)17-12-32-26(33-13-17)35-8-6-29-7-9-35/h4-5,10-15,29,34H,3,6-9H2,1-2H3,(H,30,31). The second-order valence-corrected chi connectivity index (χ2v) is 11.8. The van der Waals surface area contributed by atoms with E-state index in [9.17, 15) is 17.6 Å². The number of rotatable bonds is 8. The molecule has 0 bridgehead atoms. The summed E-state index contributed by atoms with van der Waals surface area (Å²) < 4.78 is 42.4. The monoisotopic (exact) mass is 571 g/mol. The van der Waals surface area contributed by atoms with Crippen LogP contribution in [0.2, 0.25) is 5.02 Å². The molecule has 1 fully saturated rings. The van der Waals surface area contributed by atoms with Crippen molar-refractivity contribution in [2.45, 2.75) is 25.5 Å². The van der Waals surface area contributed by atoms with E-state index in [1.54, 1.807) is 38.5 Å². The van der Waals surface area contributed by atoms with Crippen LogP contribution in [0.25, 0.3) is 22.2 Å². The lowest BCUT2D eigenvalue weighted by Gasteiger charge is -2.27. The zero-order chi connectivity index (χ0) is 27.7. The summed E-state index contributed by atoms with van der Waals surface area (Å²) in [4.78, 5) is 32.0. The number of halogens is 2. The van der Waals surface area contributed by atoms with E-state index in [2.05, 4.69) is 34.9 Å². The Morgan fingerprint density at radius 1 is 1.15 bits per heavy atom. The minimum Gasteiger partial charge on any atom is -0.345 e. The number of nitrogens with one attached hydrogen (secondary N) is 3. The molecule has 3 aromatic heterocycles. The Morgan fingerprint density at radius 3 is 2.54 bits per heavy atom. The van der Waals surface area contributed by atoms with Gasteiger partial charge in [0.1, 0.15) is 11.5 Å². The Bertz CT molecular complexity index is 1640. The topological polar surface area (TPSA) is 133 Å². The lowest BCUT2D eigenvalue weighted by molar-refractivity contribution is 0.103. The van der Waals surface area contributed by atoms with E-state index < -0.39 is 32.4 Å². The highest BCUT2D eigenvalue weighted by Crippen LogP contribution is 2.33. The van der Waals surface area contributed by atoms with Gasteiger partial charge in [0.05, 0.1) is 21.5 Å². The van der Waals surface area contributed by atoms with Crippen LogP contribution in [-0.2, 0) is 10.0 Å². The summed E-state index contributed by atoms with van der Waals surface area (Å²) in [7, 11) is -3.78. The van der Waals surface area contributed by atoms with E-state index in [-0.39, 0.29) is 16.3 Å². The summed E-state index contributed by atoms with van der Waals surface area (Å²) in [5.41, 5.74) is 1.43. The first kappa shape index (κ1) is 27.0. The summed E-state index contributed by atoms with van der Waals surface area (Å²) >= 11 is 6.40. The first-order valence-electron chi connectivity index (χ1n) is 12.5. The van der Waals surface area contributed by atoms with Gasteiger partial charge in [-0.05, 0) is 31.5 Å². The van der Waals surface area contributed by atoms with Crippen LogP contribution in [0.1, 0.15) is 36.2 Å². The molecule has 3 N–H and O–H groups in total. The largest absolute Gasteiger partial charge is 0.345 e. The predicted molar refractivity (Wildman–Crippen MR) is 149 cm³/mol. The van der Waals surface area contributed by atoms with Crippen LogP contribution in [0, 0.1) is 5.82 Å². The fraction of sp³-hybridized carbons (Fsp3) is 0.308. The van der Waals surface area contributed by atoms with Crippen LogP contribution in [0.3, 0.4) is 0 Å². The van der Waals surface area contributed by atoms with Gasteiger partial charge in [0, 0.05) is 73.0 Å². The average Bonchev–Trinajstić information content (AvgIpc) is 3.38. The normalized spacial score (nSPS) is 14.9. The molecule has 0 radical (unpaired) electrons. The van der Waals surface area contributed by atoms with Gasteiger partial charge >= 0.3 is 0 Å². The van der Waals surface area contributed by atoms with Crippen molar-refractivity contribution in [2.24, 2.45) is 0 Å². The Labute approximate surface area is 230 Å². The summed E-state index contributed by atoms with van der Waals surface area (Å²) in [5.74, 6) is -0.940. The van der Waals surface area contributed by atoms with Gasteiger partial charge in [-0.15, -0.1) is 0 Å². The second kappa shape index (κ2) is 10.9. The third-order valence-corrected chi connectivity index (χ3v) is 9.11. The number of H-pyrrole nitrogens is 1. The smallest absolute Gasteiger partial charge is 0.235 e. The van der Waals surface area contributed by atoms with Gasteiger partial charge in [-0.25, -0.2) is 27.8 Å². The number of carbonyl (C=O) groups is 1. The van der Waals surface area contributed by atoms with Gasteiger partial charge < -0.3 is 15.2 Å². The van der Waals surface area contributed by atoms with Gasteiger partial charge in [0.2, 0.25) is 16.0 Å². The summed E-state index contributed by atoms with van der Waals surface area (Å²) in [6, 6.07) is 3.97. The molecule has 204 valence electrons. The van der Waals surface area contributed by atoms with Crippen LogP contribution >= 0.6 is 11.6 Å². The molecule has 5 rings (SSSR count). The number of carbonyl (C=O) groups excluding carboxylic acids is 1. The van der Waals surface area contributed by atoms with Crippen LogP contribution in [-0.4, -0.2) is 65.6 Å². The van der Waals surface area contributed by atoms with Gasteiger partial charge in [0.25, 0.3) is 0 Å². The van der Waals surface area contributed by atoms with E-state index >= 15 is 0 Å². The maximum absolute atomic E-state index is 14.9. The molecule has 0 spiro atoms. The van der Waals surface area contributed by atoms with E-state index in [0.717, 1.165) is 32.2 Å². The van der Waals surface area contributed by atoms with E-state index in [4.69, 9.17) is 11.6 Å². The molecular weight excluding hydrogens is 545 g/mol. The van der Waals surface area contributed by atoms with Gasteiger partial charge in [0.15, 0.2) is 5.78 Å². The predicted octanol–water partition coefficient (Wildman–Crippen LogP) is 3.99. The van der Waals surface area contributed by atoms with Crippen molar-refractivity contribution in [1.29, 1.82) is 0 Å². The van der Waals surface area contributed by atoms with Crippen molar-refractivity contribution in [1.82, 2.24) is 25.3 Å². The van der Waals surface area contributed by atoms with Crippen LogP contribution < -0.4 is 14.9 Å². The van der Waals surface area contributed by atoms with Crippen LogP contribution in [0.4, 0.5) is 16.0 Å². The van der Waals surface area contributed by atoms with Crippen LogP contribution in [0.5, 0.6) is 0 Å². The first-order valence-corrected chi connectivity index (χ1v) is 14.4. The molecule has 0 amide bonds. The number of benzene rings is 1. The molecule has 1 aromatic carbocycles. The number of anilines is 2. The molecule has 1 aliphatic rings. The third kappa shape index (κ3) is 5.32. The second-order valence-electron chi connectivity index (χ2n) is 9.31. The Hall–Kier alpha value is -3.61. The molecule has 39 heavy (non-hydrogen) atoms. The van der Waals surface area contributed by atoms with Crippen molar-refractivity contribution in [2.75, 3.05) is 35.8 Å². The molecule has 1 aliphatic heterocycles. The summed E-state index contributed by atoms with van der Waals surface area (Å²) in [5, 5.41) is 2.72. The van der Waals surface area contributed by atoms with E-state index in [0.29, 0.717) is 34.5 Å². The lowest BCUT2D eigenvalue weighted by Crippen LogP contribution is -2.44. The number of sulfonamides is 1. The first-order chi connectivity index (χ1) is 18.7. The molecule has 1 atom stereocenters. The lowest BCUT2D eigenvalue weighted by atomic mass is 10.0. The number of nitrogens with zero attached hydrogens (tertiary/aromatic N) is 4. The highest BCUT2D eigenvalue weighted by molar-refractivity contribution is 7.93. The zero-order valence-electron chi connectivity index (χ0n) is 21.3. The fourth-order valence-corrected chi connectivity index (χ4v) is 5.75. The molecule has 1 saturated heterocycles. The van der Waals surface area contributed by atoms with Crippen LogP contribution in [0.15, 0.2) is 43.0 Å². The number of hydrogen-bond donors (Lipinski definition) is 3. The Kier molecular flexibility index (Phi) is 7.52. The van der Waals surface area contributed by atoms with Crippen molar-refractivity contribution in [3.63, 3.8) is 0 Å². The molecule has 4 heterocycles. The summed E-state index contributed by atoms with van der Waals surface area (Å²) in [6.45, 7) is 6.66. The van der Waals surface area contributed by atoms with Crippen molar-refractivity contribution >= 4 is 50.1 Å². The summed E-state index contributed by atoms with van der Waals surface area (Å²) in [6.07, 6.45) is 6.83. The van der Waals surface area contributed by atoms with Crippen molar-refractivity contribution < 1.29 is 17.6 Å².